The van der Waals surface area contributed by atoms with E-state index >= 15 is 0 Å². The summed E-state index contributed by atoms with van der Waals surface area (Å²) < 4.78 is 11.3. The molecule has 1 atom stereocenters. The van der Waals surface area contributed by atoms with E-state index in [1.54, 1.807) is 49.4 Å². The highest BCUT2D eigenvalue weighted by Crippen LogP contribution is 2.27. The molecule has 0 radical (unpaired) electrons. The first-order valence-electron chi connectivity index (χ1n) is 10.2. The van der Waals surface area contributed by atoms with Crippen molar-refractivity contribution < 1.29 is 19.2 Å². The van der Waals surface area contributed by atoms with Crippen molar-refractivity contribution in [2.75, 3.05) is 0 Å². The minimum atomic E-state index is -0.618. The van der Waals surface area contributed by atoms with Gasteiger partial charge in [0.2, 0.25) is 5.90 Å². The molecule has 0 amide bonds. The van der Waals surface area contributed by atoms with Crippen LogP contribution in [0.3, 0.4) is 0 Å². The molecule has 0 bridgehead atoms. The molecule has 7 heteroatoms. The van der Waals surface area contributed by atoms with Crippen molar-refractivity contribution in [2.45, 2.75) is 13.0 Å². The van der Waals surface area contributed by atoms with E-state index in [-0.39, 0.29) is 23.4 Å². The summed E-state index contributed by atoms with van der Waals surface area (Å²) in [5, 5.41) is 11.2. The minimum absolute atomic E-state index is 0.0455. The number of carbonyl (C=O) groups is 1. The third-order valence-electron chi connectivity index (χ3n) is 5.14. The van der Waals surface area contributed by atoms with Gasteiger partial charge >= 0.3 is 5.97 Å². The van der Waals surface area contributed by atoms with E-state index in [0.29, 0.717) is 16.9 Å². The average molecular weight is 440 g/mol. The lowest BCUT2D eigenvalue weighted by atomic mass is 10.1. The largest absolute Gasteiger partial charge is 0.482 e. The lowest BCUT2D eigenvalue weighted by Gasteiger charge is -2.16. The molecule has 0 saturated heterocycles. The van der Waals surface area contributed by atoms with Crippen molar-refractivity contribution in [3.05, 3.63) is 124 Å². The molecule has 1 aliphatic heterocycles. The summed E-state index contributed by atoms with van der Waals surface area (Å²) in [6, 6.07) is 21.5. The van der Waals surface area contributed by atoms with Crippen LogP contribution in [0.15, 0.2) is 96.1 Å². The topological polar surface area (TPSA) is 91.0 Å². The molecule has 4 rings (SSSR count). The standard InChI is InChI=1S/C26H20N2O5/c1-3-24(19-8-5-4-6-9-19)32-20-14-12-18(13-15-20)16-22-26(29)33-25(27-22)21-10-7-11-23(17(21)2)28(30)31/h3-16,24H,1H2,2H3/b22-16-. The SMILES string of the molecule is C=CC(Oc1ccc(/C=C2\N=C(c3cccc([N+](=O)[O-])c3C)OC2=O)cc1)c1ccccc1. The Morgan fingerprint density at radius 1 is 1.06 bits per heavy atom. The van der Waals surface area contributed by atoms with Crippen LogP contribution in [0.2, 0.25) is 0 Å². The molecule has 0 spiro atoms. The van der Waals surface area contributed by atoms with Crippen LogP contribution in [0.4, 0.5) is 5.69 Å². The number of nitro groups is 1. The Morgan fingerprint density at radius 3 is 2.45 bits per heavy atom. The maximum Gasteiger partial charge on any atom is 0.363 e. The second kappa shape index (κ2) is 9.32. The van der Waals surface area contributed by atoms with E-state index in [4.69, 9.17) is 9.47 Å². The Hall–Kier alpha value is -4.52. The number of hydrogen-bond acceptors (Lipinski definition) is 6. The van der Waals surface area contributed by atoms with Crippen LogP contribution in [0.25, 0.3) is 6.08 Å². The summed E-state index contributed by atoms with van der Waals surface area (Å²) >= 11 is 0. The Balaban J connectivity index is 1.54. The van der Waals surface area contributed by atoms with Gasteiger partial charge in [0.15, 0.2) is 5.70 Å². The van der Waals surface area contributed by atoms with Crippen molar-refractivity contribution >= 4 is 23.6 Å². The number of nitro benzene ring substituents is 1. The summed E-state index contributed by atoms with van der Waals surface area (Å²) in [6.45, 7) is 5.44. The lowest BCUT2D eigenvalue weighted by molar-refractivity contribution is -0.385. The van der Waals surface area contributed by atoms with Gasteiger partial charge in [-0.05, 0) is 48.4 Å². The van der Waals surface area contributed by atoms with Crippen LogP contribution < -0.4 is 4.74 Å². The highest BCUT2D eigenvalue weighted by Gasteiger charge is 2.27. The third-order valence-corrected chi connectivity index (χ3v) is 5.14. The monoisotopic (exact) mass is 440 g/mol. The number of rotatable bonds is 7. The van der Waals surface area contributed by atoms with Crippen LogP contribution in [0.1, 0.15) is 28.4 Å². The van der Waals surface area contributed by atoms with Crippen LogP contribution in [-0.2, 0) is 9.53 Å². The van der Waals surface area contributed by atoms with E-state index in [9.17, 15) is 14.9 Å². The fourth-order valence-electron chi connectivity index (χ4n) is 3.42. The number of cyclic esters (lactones) is 1. The predicted octanol–water partition coefficient (Wildman–Crippen LogP) is 5.55. The summed E-state index contributed by atoms with van der Waals surface area (Å²) in [7, 11) is 0. The first kappa shape index (κ1) is 21.7. The molecule has 1 unspecified atom stereocenters. The number of benzene rings is 3. The van der Waals surface area contributed by atoms with Crippen molar-refractivity contribution in [3.63, 3.8) is 0 Å². The Morgan fingerprint density at radius 2 is 1.79 bits per heavy atom. The number of aliphatic imine (C=N–C) groups is 1. The molecule has 1 heterocycles. The van der Waals surface area contributed by atoms with Gasteiger partial charge in [0.05, 0.1) is 4.92 Å². The van der Waals surface area contributed by atoms with E-state index in [2.05, 4.69) is 11.6 Å². The van der Waals surface area contributed by atoms with Gasteiger partial charge < -0.3 is 9.47 Å². The van der Waals surface area contributed by atoms with Crippen molar-refractivity contribution in [1.29, 1.82) is 0 Å². The molecule has 164 valence electrons. The molecule has 1 aliphatic rings. The number of nitrogens with zero attached hydrogens (tertiary/aromatic N) is 2. The predicted molar refractivity (Wildman–Crippen MR) is 125 cm³/mol. The van der Waals surface area contributed by atoms with E-state index < -0.39 is 10.9 Å². The van der Waals surface area contributed by atoms with Gasteiger partial charge in [-0.1, -0.05) is 55.1 Å². The maximum absolute atomic E-state index is 12.3. The number of hydrogen-bond donors (Lipinski definition) is 0. The lowest BCUT2D eigenvalue weighted by Crippen LogP contribution is -2.08. The molecule has 0 saturated carbocycles. The Labute approximate surface area is 190 Å². The fraction of sp³-hybridized carbons (Fsp3) is 0.0769. The fourth-order valence-corrected chi connectivity index (χ4v) is 3.42. The Kier molecular flexibility index (Phi) is 6.13. The van der Waals surface area contributed by atoms with E-state index in [1.165, 1.54) is 12.1 Å². The van der Waals surface area contributed by atoms with Crippen LogP contribution in [-0.4, -0.2) is 16.8 Å². The molecule has 0 aliphatic carbocycles. The van der Waals surface area contributed by atoms with Gasteiger partial charge in [-0.2, -0.15) is 0 Å². The van der Waals surface area contributed by atoms with Gasteiger partial charge in [-0.3, -0.25) is 10.1 Å². The average Bonchev–Trinajstić information content (AvgIpc) is 3.18. The van der Waals surface area contributed by atoms with Crippen molar-refractivity contribution in [1.82, 2.24) is 0 Å². The molecule has 0 aromatic heterocycles. The summed E-state index contributed by atoms with van der Waals surface area (Å²) in [5.41, 5.74) is 2.55. The molecule has 3 aromatic carbocycles. The van der Waals surface area contributed by atoms with Crippen LogP contribution >= 0.6 is 0 Å². The minimum Gasteiger partial charge on any atom is -0.482 e. The summed E-state index contributed by atoms with van der Waals surface area (Å²) in [6.07, 6.45) is 3.03. The van der Waals surface area contributed by atoms with Crippen LogP contribution in [0, 0.1) is 17.0 Å². The third kappa shape index (κ3) is 4.72. The zero-order chi connectivity index (χ0) is 23.4. The second-order valence-electron chi connectivity index (χ2n) is 7.30. The molecule has 7 nitrogen and oxygen atoms in total. The first-order chi connectivity index (χ1) is 16.0. The second-order valence-corrected chi connectivity index (χ2v) is 7.30. The number of ether oxygens (including phenoxy) is 2. The normalized spacial score (nSPS) is 15.0. The zero-order valence-corrected chi connectivity index (χ0v) is 17.8. The molecular weight excluding hydrogens is 420 g/mol. The van der Waals surface area contributed by atoms with Crippen molar-refractivity contribution in [2.24, 2.45) is 4.99 Å². The first-order valence-corrected chi connectivity index (χ1v) is 10.2. The highest BCUT2D eigenvalue weighted by molar-refractivity contribution is 6.13. The quantitative estimate of drug-likeness (QED) is 0.158. The summed E-state index contributed by atoms with van der Waals surface area (Å²) in [5.74, 6) is 0.0763. The zero-order valence-electron chi connectivity index (χ0n) is 17.8. The van der Waals surface area contributed by atoms with Crippen LogP contribution in [0.5, 0.6) is 5.75 Å². The van der Waals surface area contributed by atoms with Gasteiger partial charge in [0.25, 0.3) is 5.69 Å². The van der Waals surface area contributed by atoms with Crippen molar-refractivity contribution in [3.8, 4) is 5.75 Å². The number of esters is 1. The highest BCUT2D eigenvalue weighted by atomic mass is 16.6. The molecule has 0 N–H and O–H groups in total. The molecule has 33 heavy (non-hydrogen) atoms. The molecule has 3 aromatic rings. The molecule has 0 fully saturated rings. The van der Waals surface area contributed by atoms with Gasteiger partial charge in [0.1, 0.15) is 11.9 Å². The van der Waals surface area contributed by atoms with E-state index in [0.717, 1.165) is 11.1 Å². The smallest absolute Gasteiger partial charge is 0.363 e. The maximum atomic E-state index is 12.3. The van der Waals surface area contributed by atoms with Gasteiger partial charge in [0, 0.05) is 17.2 Å². The summed E-state index contributed by atoms with van der Waals surface area (Å²) in [4.78, 5) is 27.3. The van der Waals surface area contributed by atoms with E-state index in [1.807, 2.05) is 30.3 Å². The van der Waals surface area contributed by atoms with Gasteiger partial charge in [-0.15, -0.1) is 0 Å². The Bertz CT molecular complexity index is 1280. The molecular formula is C26H20N2O5. The van der Waals surface area contributed by atoms with Gasteiger partial charge in [-0.25, -0.2) is 9.79 Å². The number of carbonyl (C=O) groups excluding carboxylic acids is 1.